The summed E-state index contributed by atoms with van der Waals surface area (Å²) < 4.78 is 81.5. The van der Waals surface area contributed by atoms with Crippen molar-refractivity contribution < 1.29 is 36.2 Å². The lowest BCUT2D eigenvalue weighted by molar-refractivity contribution is -0.142. The van der Waals surface area contributed by atoms with Crippen molar-refractivity contribution in [1.29, 1.82) is 0 Å². The SMILES string of the molecule is CC(C)CC(C(=O)O)c1cc(-c2ccccc2)cc(C#Cc2ccc(C(F)(F)F)cc2)c1C(F)(F)F. The van der Waals surface area contributed by atoms with Gasteiger partial charge in [-0.05, 0) is 65.4 Å². The molecule has 0 saturated carbocycles. The third-order valence-electron chi connectivity index (χ3n) is 5.49. The second kappa shape index (κ2) is 10.5. The van der Waals surface area contributed by atoms with Gasteiger partial charge >= 0.3 is 18.3 Å². The van der Waals surface area contributed by atoms with Crippen LogP contribution in [0.1, 0.15) is 54.0 Å². The van der Waals surface area contributed by atoms with Gasteiger partial charge in [-0.15, -0.1) is 0 Å². The fraction of sp³-hybridized carbons (Fsp3) is 0.250. The van der Waals surface area contributed by atoms with Crippen LogP contribution in [0.2, 0.25) is 0 Å². The van der Waals surface area contributed by atoms with E-state index in [1.54, 1.807) is 44.2 Å². The summed E-state index contributed by atoms with van der Waals surface area (Å²) in [5.74, 6) is 1.93. The van der Waals surface area contributed by atoms with E-state index in [4.69, 9.17) is 0 Å². The van der Waals surface area contributed by atoms with Gasteiger partial charge in [-0.1, -0.05) is 56.0 Å². The molecule has 0 amide bonds. The van der Waals surface area contributed by atoms with Gasteiger partial charge in [0.25, 0.3) is 0 Å². The predicted octanol–water partition coefficient (Wildman–Crippen LogP) is 8.01. The van der Waals surface area contributed by atoms with E-state index < -0.39 is 46.5 Å². The molecule has 0 bridgehead atoms. The molecule has 1 unspecified atom stereocenters. The molecular formula is C28H22F6O2. The normalized spacial score (nSPS) is 12.7. The fourth-order valence-electron chi connectivity index (χ4n) is 3.87. The summed E-state index contributed by atoms with van der Waals surface area (Å²) in [7, 11) is 0. The fourth-order valence-corrected chi connectivity index (χ4v) is 3.87. The van der Waals surface area contributed by atoms with E-state index in [1.807, 2.05) is 0 Å². The highest BCUT2D eigenvalue weighted by atomic mass is 19.4. The first-order valence-electron chi connectivity index (χ1n) is 11.0. The Labute approximate surface area is 204 Å². The number of aliphatic carboxylic acids is 1. The molecule has 8 heteroatoms. The van der Waals surface area contributed by atoms with Crippen LogP contribution in [0.4, 0.5) is 26.3 Å². The Bertz CT molecular complexity index is 1280. The Morgan fingerprint density at radius 2 is 1.44 bits per heavy atom. The number of hydrogen-bond acceptors (Lipinski definition) is 1. The number of carbonyl (C=O) groups is 1. The summed E-state index contributed by atoms with van der Waals surface area (Å²) in [5.41, 5.74) is -1.91. The number of alkyl halides is 6. The molecule has 3 rings (SSSR count). The van der Waals surface area contributed by atoms with Crippen molar-refractivity contribution in [2.24, 2.45) is 5.92 Å². The highest BCUT2D eigenvalue weighted by molar-refractivity contribution is 5.79. The molecule has 1 N–H and O–H groups in total. The lowest BCUT2D eigenvalue weighted by Gasteiger charge is -2.23. The quantitative estimate of drug-likeness (QED) is 0.282. The zero-order valence-electron chi connectivity index (χ0n) is 19.3. The molecule has 2 nitrogen and oxygen atoms in total. The Morgan fingerprint density at radius 3 is 1.94 bits per heavy atom. The smallest absolute Gasteiger partial charge is 0.417 e. The molecule has 0 aliphatic heterocycles. The van der Waals surface area contributed by atoms with E-state index in [2.05, 4.69) is 11.8 Å². The maximum Gasteiger partial charge on any atom is 0.417 e. The first-order valence-corrected chi connectivity index (χ1v) is 11.0. The summed E-state index contributed by atoms with van der Waals surface area (Å²) in [5, 5.41) is 9.82. The van der Waals surface area contributed by atoms with E-state index >= 15 is 0 Å². The molecule has 0 radical (unpaired) electrons. The first kappa shape index (κ1) is 26.9. The van der Waals surface area contributed by atoms with Crippen molar-refractivity contribution in [3.63, 3.8) is 0 Å². The number of hydrogen-bond donors (Lipinski definition) is 1. The van der Waals surface area contributed by atoms with Crippen LogP contribution in [0.3, 0.4) is 0 Å². The van der Waals surface area contributed by atoms with Gasteiger partial charge in [0.2, 0.25) is 0 Å². The van der Waals surface area contributed by atoms with Gasteiger partial charge in [-0.25, -0.2) is 0 Å². The largest absolute Gasteiger partial charge is 0.481 e. The van der Waals surface area contributed by atoms with Gasteiger partial charge in [-0.3, -0.25) is 4.79 Å². The summed E-state index contributed by atoms with van der Waals surface area (Å²) in [6, 6.07) is 14.7. The van der Waals surface area contributed by atoms with Gasteiger partial charge in [0.05, 0.1) is 17.0 Å². The van der Waals surface area contributed by atoms with Gasteiger partial charge in [0, 0.05) is 11.1 Å². The molecule has 0 heterocycles. The molecule has 0 aromatic heterocycles. The van der Waals surface area contributed by atoms with E-state index in [9.17, 15) is 36.2 Å². The van der Waals surface area contributed by atoms with Gasteiger partial charge in [-0.2, -0.15) is 26.3 Å². The summed E-state index contributed by atoms with van der Waals surface area (Å²) in [6.07, 6.45) is -9.50. The molecule has 0 saturated heterocycles. The van der Waals surface area contributed by atoms with Crippen molar-refractivity contribution in [3.05, 3.63) is 94.5 Å². The van der Waals surface area contributed by atoms with Crippen LogP contribution in [0.15, 0.2) is 66.7 Å². The molecule has 1 atom stereocenters. The van der Waals surface area contributed by atoms with Gasteiger partial charge in [0.1, 0.15) is 0 Å². The average molecular weight is 504 g/mol. The van der Waals surface area contributed by atoms with Crippen LogP contribution in [-0.4, -0.2) is 11.1 Å². The van der Waals surface area contributed by atoms with E-state index in [1.165, 1.54) is 12.1 Å². The minimum atomic E-state index is -4.92. The number of carboxylic acid groups (broad SMARTS) is 1. The third kappa shape index (κ3) is 6.48. The zero-order chi connectivity index (χ0) is 26.7. The topological polar surface area (TPSA) is 37.3 Å². The lowest BCUT2D eigenvalue weighted by atomic mass is 9.83. The molecular weight excluding hydrogens is 482 g/mol. The number of benzene rings is 3. The van der Waals surface area contributed by atoms with Crippen LogP contribution in [0.25, 0.3) is 11.1 Å². The predicted molar refractivity (Wildman–Crippen MR) is 124 cm³/mol. The molecule has 3 aromatic rings. The van der Waals surface area contributed by atoms with Crippen LogP contribution >= 0.6 is 0 Å². The lowest BCUT2D eigenvalue weighted by Crippen LogP contribution is -2.21. The Morgan fingerprint density at radius 1 is 0.833 bits per heavy atom. The minimum Gasteiger partial charge on any atom is -0.481 e. The third-order valence-corrected chi connectivity index (χ3v) is 5.49. The Hall–Kier alpha value is -3.73. The van der Waals surface area contributed by atoms with E-state index in [0.29, 0.717) is 11.1 Å². The van der Waals surface area contributed by atoms with Crippen molar-refractivity contribution >= 4 is 5.97 Å². The van der Waals surface area contributed by atoms with Crippen molar-refractivity contribution in [2.75, 3.05) is 0 Å². The maximum atomic E-state index is 14.3. The number of halogens is 6. The molecule has 0 spiro atoms. The summed E-state index contributed by atoms with van der Waals surface area (Å²) >= 11 is 0. The molecule has 0 aliphatic rings. The van der Waals surface area contributed by atoms with Crippen molar-refractivity contribution in [3.8, 4) is 23.0 Å². The monoisotopic (exact) mass is 504 g/mol. The first-order chi connectivity index (χ1) is 16.8. The van der Waals surface area contributed by atoms with E-state index in [-0.39, 0.29) is 17.9 Å². The minimum absolute atomic E-state index is 0.0254. The van der Waals surface area contributed by atoms with Crippen LogP contribution < -0.4 is 0 Å². The Kier molecular flexibility index (Phi) is 7.83. The second-order valence-electron chi connectivity index (χ2n) is 8.70. The van der Waals surface area contributed by atoms with Gasteiger partial charge < -0.3 is 5.11 Å². The Balaban J connectivity index is 2.27. The number of rotatable bonds is 5. The molecule has 3 aromatic carbocycles. The molecule has 36 heavy (non-hydrogen) atoms. The highest BCUT2D eigenvalue weighted by Gasteiger charge is 2.40. The summed E-state index contributed by atoms with van der Waals surface area (Å²) in [6.45, 7) is 3.44. The van der Waals surface area contributed by atoms with Gasteiger partial charge in [0.15, 0.2) is 0 Å². The number of carboxylic acids is 1. The zero-order valence-corrected chi connectivity index (χ0v) is 19.3. The average Bonchev–Trinajstić information content (AvgIpc) is 2.80. The van der Waals surface area contributed by atoms with E-state index in [0.717, 1.165) is 24.3 Å². The van der Waals surface area contributed by atoms with Crippen LogP contribution in [-0.2, 0) is 17.1 Å². The standard InChI is InChI=1S/C28H22F6O2/c1-17(2)14-24(26(35)36)23-16-21(19-6-4-3-5-7-19)15-20(25(23)28(32,33)34)11-8-18-9-12-22(13-10-18)27(29,30)31/h3-7,9-10,12-13,15-17,24H,14H2,1-2H3,(H,35,36). The van der Waals surface area contributed by atoms with Crippen molar-refractivity contribution in [2.45, 2.75) is 38.5 Å². The summed E-state index contributed by atoms with van der Waals surface area (Å²) in [4.78, 5) is 12.1. The van der Waals surface area contributed by atoms with Crippen molar-refractivity contribution in [1.82, 2.24) is 0 Å². The maximum absolute atomic E-state index is 14.3. The molecule has 188 valence electrons. The second-order valence-corrected chi connectivity index (χ2v) is 8.70. The molecule has 0 aliphatic carbocycles. The van der Waals surface area contributed by atoms with Crippen LogP contribution in [0, 0.1) is 17.8 Å². The van der Waals surface area contributed by atoms with Crippen LogP contribution in [0.5, 0.6) is 0 Å². The highest BCUT2D eigenvalue weighted by Crippen LogP contribution is 2.42. The molecule has 0 fully saturated rings.